The monoisotopic (exact) mass is 651 g/mol. The van der Waals surface area contributed by atoms with Gasteiger partial charge in [-0.25, -0.2) is 0 Å². The first-order chi connectivity index (χ1) is 23.1. The van der Waals surface area contributed by atoms with Crippen molar-refractivity contribution in [2.24, 2.45) is 5.41 Å². The molecule has 1 saturated carbocycles. The molecule has 4 atom stereocenters. The zero-order valence-corrected chi connectivity index (χ0v) is 28.3. The fourth-order valence-electron chi connectivity index (χ4n) is 9.22. The molecule has 3 fully saturated rings. The van der Waals surface area contributed by atoms with Crippen molar-refractivity contribution in [3.8, 4) is 0 Å². The molecule has 8 heteroatoms. The molecular formula is C40H49N3O5. The van der Waals surface area contributed by atoms with Crippen LogP contribution in [0.25, 0.3) is 0 Å². The molecule has 3 heterocycles. The third-order valence-electron chi connectivity index (χ3n) is 12.2. The topological polar surface area (TPSA) is 106 Å². The normalized spacial score (nSPS) is 29.4. The van der Waals surface area contributed by atoms with E-state index in [4.69, 9.17) is 4.42 Å². The second-order valence-electron chi connectivity index (χ2n) is 15.0. The number of β-amino-alcohol motifs (C(OH)–C–C–N with tert-alkyl or cyclic N) is 1. The van der Waals surface area contributed by atoms with Crippen LogP contribution < -0.4 is 10.2 Å². The number of fused-ring (bicyclic) bond motifs is 8. The number of piperidine rings is 1. The minimum atomic E-state index is -0.988. The van der Waals surface area contributed by atoms with E-state index >= 15 is 0 Å². The average Bonchev–Trinajstić information content (AvgIpc) is 3.79. The number of allylic oxidation sites excluding steroid dienone is 2. The maximum absolute atomic E-state index is 14.0. The van der Waals surface area contributed by atoms with Gasteiger partial charge in [0.2, 0.25) is 11.7 Å². The number of aliphatic hydroxyl groups excluding tert-OH is 1. The fourth-order valence-corrected chi connectivity index (χ4v) is 9.22. The lowest BCUT2D eigenvalue weighted by Crippen LogP contribution is -2.59. The molecule has 3 aromatic rings. The highest BCUT2D eigenvalue weighted by molar-refractivity contribution is 6.08. The number of aliphatic hydroxyl groups is 2. The van der Waals surface area contributed by atoms with Gasteiger partial charge in [0.1, 0.15) is 5.54 Å². The number of hydrogen-bond donors (Lipinski definition) is 3. The number of anilines is 1. The van der Waals surface area contributed by atoms with E-state index < -0.39 is 22.7 Å². The SMILES string of the molecule is CC1=CCCC2(C)C(CCC2(O)CN2CCC3(CC2)C(=O)NCN3c2ccccc2)c2ccc(cc2C(=O)c2ccco2)CC(O)CC1. The molecule has 8 nitrogen and oxygen atoms in total. The van der Waals surface area contributed by atoms with Crippen LogP contribution in [0.4, 0.5) is 5.69 Å². The van der Waals surface area contributed by atoms with E-state index in [1.54, 1.807) is 12.1 Å². The molecule has 254 valence electrons. The fraction of sp³-hybridized carbons (Fsp3) is 0.500. The lowest BCUT2D eigenvalue weighted by Gasteiger charge is -2.49. The maximum Gasteiger partial charge on any atom is 0.247 e. The number of amides is 1. The van der Waals surface area contributed by atoms with Crippen molar-refractivity contribution >= 4 is 17.4 Å². The number of nitrogens with zero attached hydrogens (tertiary/aromatic N) is 2. The Morgan fingerprint density at radius 3 is 2.56 bits per heavy atom. The number of rotatable bonds is 5. The summed E-state index contributed by atoms with van der Waals surface area (Å²) >= 11 is 0. The molecule has 2 aromatic carbocycles. The van der Waals surface area contributed by atoms with Crippen LogP contribution in [0.2, 0.25) is 0 Å². The Kier molecular flexibility index (Phi) is 8.85. The first-order valence-corrected chi connectivity index (χ1v) is 17.7. The third-order valence-corrected chi connectivity index (χ3v) is 12.2. The van der Waals surface area contributed by atoms with Crippen molar-refractivity contribution in [2.45, 2.75) is 94.8 Å². The summed E-state index contributed by atoms with van der Waals surface area (Å²) in [7, 11) is 0. The first-order valence-electron chi connectivity index (χ1n) is 17.7. The van der Waals surface area contributed by atoms with Crippen molar-refractivity contribution in [3.63, 3.8) is 0 Å². The summed E-state index contributed by atoms with van der Waals surface area (Å²) in [5.41, 5.74) is 2.72. The van der Waals surface area contributed by atoms with E-state index in [1.807, 2.05) is 24.3 Å². The molecule has 2 saturated heterocycles. The number of carbonyl (C=O) groups is 2. The summed E-state index contributed by atoms with van der Waals surface area (Å²) in [6.45, 7) is 6.84. The number of nitrogens with one attached hydrogen (secondary N) is 1. The van der Waals surface area contributed by atoms with Crippen LogP contribution in [0.5, 0.6) is 0 Å². The van der Waals surface area contributed by atoms with Crippen molar-refractivity contribution < 1.29 is 24.2 Å². The molecule has 3 N–H and O–H groups in total. The molecule has 0 radical (unpaired) electrons. The van der Waals surface area contributed by atoms with E-state index in [0.29, 0.717) is 56.6 Å². The van der Waals surface area contributed by atoms with Crippen LogP contribution in [0.1, 0.15) is 98.4 Å². The van der Waals surface area contributed by atoms with Crippen molar-refractivity contribution in [1.82, 2.24) is 10.2 Å². The van der Waals surface area contributed by atoms with Crippen LogP contribution in [0, 0.1) is 5.41 Å². The van der Waals surface area contributed by atoms with Gasteiger partial charge in [0.05, 0.1) is 24.6 Å². The summed E-state index contributed by atoms with van der Waals surface area (Å²) in [4.78, 5) is 31.9. The highest BCUT2D eigenvalue weighted by Gasteiger charge is 2.58. The van der Waals surface area contributed by atoms with Gasteiger partial charge in [0.25, 0.3) is 0 Å². The predicted octanol–water partition coefficient (Wildman–Crippen LogP) is 5.98. The second-order valence-corrected chi connectivity index (χ2v) is 15.0. The van der Waals surface area contributed by atoms with Crippen LogP contribution in [-0.4, -0.2) is 70.4 Å². The third kappa shape index (κ3) is 5.82. The molecule has 2 aliphatic heterocycles. The van der Waals surface area contributed by atoms with Gasteiger partial charge in [-0.1, -0.05) is 48.9 Å². The lowest BCUT2D eigenvalue weighted by molar-refractivity contribution is -0.126. The van der Waals surface area contributed by atoms with Gasteiger partial charge in [0, 0.05) is 36.3 Å². The predicted molar refractivity (Wildman–Crippen MR) is 186 cm³/mol. The molecule has 48 heavy (non-hydrogen) atoms. The largest absolute Gasteiger partial charge is 0.461 e. The number of benzene rings is 2. The average molecular weight is 652 g/mol. The molecule has 5 aliphatic rings. The number of para-hydroxylation sites is 1. The van der Waals surface area contributed by atoms with Gasteiger partial charge in [-0.3, -0.25) is 9.59 Å². The van der Waals surface area contributed by atoms with Gasteiger partial charge in [-0.15, -0.1) is 0 Å². The first kappa shape index (κ1) is 32.8. The summed E-state index contributed by atoms with van der Waals surface area (Å²) in [5.74, 6) is 0.185. The van der Waals surface area contributed by atoms with E-state index in [1.165, 1.54) is 11.8 Å². The van der Waals surface area contributed by atoms with E-state index in [-0.39, 0.29) is 17.6 Å². The number of carbonyl (C=O) groups excluding carboxylic acids is 2. The van der Waals surface area contributed by atoms with Crippen LogP contribution in [0.15, 0.2) is 83.0 Å². The van der Waals surface area contributed by atoms with Gasteiger partial charge in [-0.05, 0) is 112 Å². The smallest absolute Gasteiger partial charge is 0.247 e. The van der Waals surface area contributed by atoms with Crippen molar-refractivity contribution in [2.75, 3.05) is 31.2 Å². The van der Waals surface area contributed by atoms with Crippen molar-refractivity contribution in [1.29, 1.82) is 0 Å². The highest BCUT2D eigenvalue weighted by atomic mass is 16.3. The van der Waals surface area contributed by atoms with Gasteiger partial charge >= 0.3 is 0 Å². The number of ketones is 1. The van der Waals surface area contributed by atoms with Crippen molar-refractivity contribution in [3.05, 3.63) is 101 Å². The van der Waals surface area contributed by atoms with E-state index in [2.05, 4.69) is 59.3 Å². The second kappa shape index (κ2) is 13.0. The van der Waals surface area contributed by atoms with Crippen LogP contribution in [0.3, 0.4) is 0 Å². The lowest BCUT2D eigenvalue weighted by atomic mass is 9.64. The van der Waals surface area contributed by atoms with Crippen LogP contribution >= 0.6 is 0 Å². The summed E-state index contributed by atoms with van der Waals surface area (Å²) in [5, 5.41) is 26.8. The van der Waals surface area contributed by atoms with Gasteiger partial charge in [0.15, 0.2) is 5.76 Å². The molecular weight excluding hydrogens is 602 g/mol. The summed E-state index contributed by atoms with van der Waals surface area (Å²) in [6, 6.07) is 19.7. The molecule has 4 unspecified atom stereocenters. The van der Waals surface area contributed by atoms with E-state index in [9.17, 15) is 19.8 Å². The Morgan fingerprint density at radius 2 is 1.81 bits per heavy atom. The van der Waals surface area contributed by atoms with E-state index in [0.717, 1.165) is 55.6 Å². The molecule has 1 spiro atoms. The number of hydrogen-bond acceptors (Lipinski definition) is 7. The quantitative estimate of drug-likeness (QED) is 0.230. The zero-order valence-electron chi connectivity index (χ0n) is 28.3. The maximum atomic E-state index is 14.0. The number of furan rings is 1. The molecule has 1 amide bonds. The zero-order chi connectivity index (χ0) is 33.5. The summed E-state index contributed by atoms with van der Waals surface area (Å²) < 4.78 is 5.58. The Hall–Kier alpha value is -3.72. The minimum absolute atomic E-state index is 0.0441. The molecule has 3 aliphatic carbocycles. The summed E-state index contributed by atoms with van der Waals surface area (Å²) in [6.07, 6.45) is 9.62. The van der Waals surface area contributed by atoms with Crippen LogP contribution in [-0.2, 0) is 11.2 Å². The molecule has 8 rings (SSSR count). The molecule has 1 aromatic heterocycles. The van der Waals surface area contributed by atoms with Gasteiger partial charge in [-0.2, -0.15) is 0 Å². The Bertz CT molecular complexity index is 1660. The Morgan fingerprint density at radius 1 is 1.02 bits per heavy atom. The minimum Gasteiger partial charge on any atom is -0.461 e. The highest BCUT2D eigenvalue weighted by Crippen LogP contribution is 2.59. The Balaban J connectivity index is 1.19. The van der Waals surface area contributed by atoms with Gasteiger partial charge < -0.3 is 29.7 Å². The molecule has 2 bridgehead atoms. The standard InChI is InChI=1S/C40H49N3O5/c1-28-8-6-17-38(2)34(32-15-13-29(24-31(44)14-12-28)25-33(32)36(45)35-11-7-23-48-35)16-18-40(38,47)26-42-21-19-39(20-22-42)37(46)41-27-43(39)30-9-4-3-5-10-30/h3-5,7-11,13,15,23,25,31,34,44,47H,6,12,14,16-22,24,26-27H2,1-2H3,(H,41,46). The Labute approximate surface area is 283 Å². The number of likely N-dealkylation sites (tertiary alicyclic amines) is 1.